The van der Waals surface area contributed by atoms with Gasteiger partial charge in [-0.25, -0.2) is 0 Å². The molecule has 0 aromatic heterocycles. The molecule has 3 aromatic rings. The number of hydrogen-bond donors (Lipinski definition) is 1. The maximum Gasteiger partial charge on any atom is 0.290 e. The van der Waals surface area contributed by atoms with E-state index in [1.807, 2.05) is 36.4 Å². The van der Waals surface area contributed by atoms with Gasteiger partial charge in [-0.3, -0.25) is 14.9 Å². The molecule has 1 aliphatic rings. The van der Waals surface area contributed by atoms with Crippen molar-refractivity contribution in [1.29, 1.82) is 0 Å². The molecule has 5 heteroatoms. The third-order valence-corrected chi connectivity index (χ3v) is 5.80. The van der Waals surface area contributed by atoms with E-state index in [1.165, 1.54) is 22.3 Å². The number of imide groups is 1. The maximum absolute atomic E-state index is 11.7. The molecule has 0 saturated carbocycles. The quantitative estimate of drug-likeness (QED) is 0.343. The number of carbonyl (C=O) groups excluding carboxylic acids is 2. The summed E-state index contributed by atoms with van der Waals surface area (Å²) in [5.74, 6) is 1.08. The van der Waals surface area contributed by atoms with E-state index in [0.717, 1.165) is 28.6 Å². The lowest BCUT2D eigenvalue weighted by molar-refractivity contribution is -0.115. The summed E-state index contributed by atoms with van der Waals surface area (Å²) in [6, 6.07) is 21.9. The fourth-order valence-corrected chi connectivity index (χ4v) is 4.24. The number of rotatable bonds is 5. The van der Waals surface area contributed by atoms with Crippen LogP contribution < -0.4 is 10.1 Å². The van der Waals surface area contributed by atoms with Gasteiger partial charge in [0, 0.05) is 0 Å². The van der Waals surface area contributed by atoms with Crippen LogP contribution in [0.5, 0.6) is 11.5 Å². The number of hydrogen-bond acceptors (Lipinski definition) is 4. The monoisotopic (exact) mass is 441 g/mol. The molecule has 32 heavy (non-hydrogen) atoms. The number of amides is 2. The lowest BCUT2D eigenvalue weighted by Crippen LogP contribution is -2.17. The van der Waals surface area contributed by atoms with E-state index < -0.39 is 0 Å². The minimum absolute atomic E-state index is 0.344. The molecule has 2 amide bonds. The molecular weight excluding hydrogens is 418 g/mol. The van der Waals surface area contributed by atoms with Gasteiger partial charge >= 0.3 is 0 Å². The predicted molar refractivity (Wildman–Crippen MR) is 132 cm³/mol. The molecule has 1 heterocycles. The lowest BCUT2D eigenvalue weighted by atomic mass is 10.0. The Bertz CT molecular complexity index is 1220. The van der Waals surface area contributed by atoms with Gasteiger partial charge in [-0.1, -0.05) is 59.7 Å². The Morgan fingerprint density at radius 1 is 0.844 bits per heavy atom. The molecule has 1 N–H and O–H groups in total. The molecule has 0 unspecified atom stereocenters. The van der Waals surface area contributed by atoms with Crippen molar-refractivity contribution in [3.8, 4) is 11.5 Å². The Labute approximate surface area is 192 Å². The minimum atomic E-state index is -0.359. The number of ether oxygens (including phenoxy) is 1. The zero-order valence-electron chi connectivity index (χ0n) is 18.1. The second-order valence-corrected chi connectivity index (χ2v) is 8.81. The van der Waals surface area contributed by atoms with Crippen LogP contribution in [0, 0.1) is 13.8 Å². The molecule has 1 fully saturated rings. The molecule has 160 valence electrons. The summed E-state index contributed by atoms with van der Waals surface area (Å²) in [5.41, 5.74) is 6.87. The van der Waals surface area contributed by atoms with Crippen LogP contribution in [0.1, 0.15) is 34.7 Å². The van der Waals surface area contributed by atoms with E-state index in [4.69, 9.17) is 4.74 Å². The van der Waals surface area contributed by atoms with Crippen molar-refractivity contribution in [2.45, 2.75) is 20.8 Å². The van der Waals surface area contributed by atoms with Crippen LogP contribution in [0.2, 0.25) is 0 Å². The Balaban J connectivity index is 1.43. The Kier molecular flexibility index (Phi) is 6.28. The molecule has 4 rings (SSSR count). The van der Waals surface area contributed by atoms with E-state index >= 15 is 0 Å². The van der Waals surface area contributed by atoms with Crippen molar-refractivity contribution in [2.24, 2.45) is 0 Å². The van der Waals surface area contributed by atoms with E-state index in [2.05, 4.69) is 62.5 Å². The van der Waals surface area contributed by atoms with Gasteiger partial charge in [-0.15, -0.1) is 0 Å². The first-order chi connectivity index (χ1) is 15.4. The average Bonchev–Trinajstić information content (AvgIpc) is 3.06. The first-order valence-corrected chi connectivity index (χ1v) is 11.1. The summed E-state index contributed by atoms with van der Waals surface area (Å²) in [7, 11) is 0. The molecule has 1 saturated heterocycles. The van der Waals surface area contributed by atoms with Crippen LogP contribution in [0.25, 0.3) is 17.7 Å². The molecule has 0 bridgehead atoms. The smallest absolute Gasteiger partial charge is 0.290 e. The second kappa shape index (κ2) is 9.28. The van der Waals surface area contributed by atoms with E-state index in [-0.39, 0.29) is 11.1 Å². The largest absolute Gasteiger partial charge is 0.457 e. The number of thioether (sulfide) groups is 1. The van der Waals surface area contributed by atoms with E-state index in [9.17, 15) is 9.59 Å². The van der Waals surface area contributed by atoms with Gasteiger partial charge in [0.25, 0.3) is 11.1 Å². The summed E-state index contributed by atoms with van der Waals surface area (Å²) in [5, 5.41) is 1.91. The van der Waals surface area contributed by atoms with Crippen molar-refractivity contribution in [3.05, 3.63) is 99.5 Å². The summed E-state index contributed by atoms with van der Waals surface area (Å²) in [6.07, 6.45) is 3.88. The SMILES string of the molecule is C/C(=C/c1cc(C)cc(C)c1)c1ccc(Oc2ccc(/C=C3\SC(=O)NC3=O)cc2)cc1. The number of carbonyl (C=O) groups is 2. The van der Waals surface area contributed by atoms with Crippen molar-refractivity contribution in [3.63, 3.8) is 0 Å². The Morgan fingerprint density at radius 3 is 2.00 bits per heavy atom. The fraction of sp³-hybridized carbons (Fsp3) is 0.111. The molecule has 0 radical (unpaired) electrons. The van der Waals surface area contributed by atoms with E-state index in [0.29, 0.717) is 10.7 Å². The summed E-state index contributed by atoms with van der Waals surface area (Å²) in [6.45, 7) is 6.33. The van der Waals surface area contributed by atoms with Crippen LogP contribution in [-0.2, 0) is 4.79 Å². The predicted octanol–water partition coefficient (Wildman–Crippen LogP) is 6.98. The Hall–Kier alpha value is -3.57. The number of benzene rings is 3. The van der Waals surface area contributed by atoms with Crippen molar-refractivity contribution >= 4 is 40.6 Å². The number of aryl methyl sites for hydroxylation is 2. The second-order valence-electron chi connectivity index (χ2n) is 7.80. The van der Waals surface area contributed by atoms with Crippen LogP contribution in [-0.4, -0.2) is 11.1 Å². The highest BCUT2D eigenvalue weighted by Crippen LogP contribution is 2.28. The van der Waals surface area contributed by atoms with Gasteiger partial charge in [0.1, 0.15) is 11.5 Å². The molecule has 0 aliphatic carbocycles. The molecule has 3 aromatic carbocycles. The average molecular weight is 442 g/mol. The standard InChI is InChI=1S/C27H23NO3S/c1-17-12-18(2)14-21(13-17)15-19(3)22-6-10-24(11-7-22)31-23-8-4-20(5-9-23)16-25-26(29)28-27(30)32-25/h4-16H,1-3H3,(H,28,29,30)/b19-15-,25-16-. The molecule has 4 nitrogen and oxygen atoms in total. The van der Waals surface area contributed by atoms with Crippen molar-refractivity contribution in [2.75, 3.05) is 0 Å². The number of allylic oxidation sites excluding steroid dienone is 1. The van der Waals surface area contributed by atoms with Gasteiger partial charge in [0.15, 0.2) is 0 Å². The van der Waals surface area contributed by atoms with Crippen LogP contribution >= 0.6 is 11.8 Å². The molecule has 0 spiro atoms. The van der Waals surface area contributed by atoms with Gasteiger partial charge < -0.3 is 4.74 Å². The normalized spacial score (nSPS) is 15.2. The van der Waals surface area contributed by atoms with Crippen LogP contribution in [0.4, 0.5) is 4.79 Å². The highest BCUT2D eigenvalue weighted by molar-refractivity contribution is 8.18. The van der Waals surface area contributed by atoms with E-state index in [1.54, 1.807) is 6.08 Å². The first-order valence-electron chi connectivity index (χ1n) is 10.3. The zero-order chi connectivity index (χ0) is 22.7. The number of nitrogens with one attached hydrogen (secondary N) is 1. The molecular formula is C27H23NO3S. The molecule has 0 atom stereocenters. The third-order valence-electron chi connectivity index (χ3n) is 4.99. The first kappa shape index (κ1) is 21.7. The van der Waals surface area contributed by atoms with Crippen molar-refractivity contribution in [1.82, 2.24) is 5.32 Å². The third kappa shape index (κ3) is 5.37. The maximum atomic E-state index is 11.7. The summed E-state index contributed by atoms with van der Waals surface area (Å²) >= 11 is 0.906. The zero-order valence-corrected chi connectivity index (χ0v) is 19.0. The van der Waals surface area contributed by atoms with Crippen LogP contribution in [0.3, 0.4) is 0 Å². The highest BCUT2D eigenvalue weighted by atomic mass is 32.2. The van der Waals surface area contributed by atoms with Gasteiger partial charge in [-0.2, -0.15) is 0 Å². The lowest BCUT2D eigenvalue weighted by Gasteiger charge is -2.08. The topological polar surface area (TPSA) is 55.4 Å². The van der Waals surface area contributed by atoms with Gasteiger partial charge in [-0.05, 0) is 85.1 Å². The summed E-state index contributed by atoms with van der Waals surface area (Å²) in [4.78, 5) is 23.3. The Morgan fingerprint density at radius 2 is 1.44 bits per heavy atom. The minimum Gasteiger partial charge on any atom is -0.457 e. The van der Waals surface area contributed by atoms with Crippen molar-refractivity contribution < 1.29 is 14.3 Å². The highest BCUT2D eigenvalue weighted by Gasteiger charge is 2.24. The van der Waals surface area contributed by atoms with Crippen LogP contribution in [0.15, 0.2) is 71.6 Å². The molecule has 1 aliphatic heterocycles. The fourth-order valence-electron chi connectivity index (χ4n) is 3.55. The van der Waals surface area contributed by atoms with Gasteiger partial charge in [0.05, 0.1) is 4.91 Å². The summed E-state index contributed by atoms with van der Waals surface area (Å²) < 4.78 is 5.95. The van der Waals surface area contributed by atoms with Gasteiger partial charge in [0.2, 0.25) is 0 Å².